The minimum atomic E-state index is -0.744. The fraction of sp³-hybridized carbons (Fsp3) is 0.333. The molecule has 1 aromatic heterocycles. The molecule has 0 aliphatic heterocycles. The molecular formula is C9H11N3O. The Balaban J connectivity index is 3.04. The summed E-state index contributed by atoms with van der Waals surface area (Å²) in [5.41, 5.74) is 6.92. The Labute approximate surface area is 76.6 Å². The van der Waals surface area contributed by atoms with Crippen LogP contribution in [-0.2, 0) is 0 Å². The maximum absolute atomic E-state index is 9.35. The summed E-state index contributed by atoms with van der Waals surface area (Å²) in [6.45, 7) is 1.86. The quantitative estimate of drug-likeness (QED) is 0.678. The lowest BCUT2D eigenvalue weighted by atomic mass is 10.1. The Bertz CT molecular complexity index is 343. The van der Waals surface area contributed by atoms with Crippen LogP contribution in [0.4, 0.5) is 0 Å². The van der Waals surface area contributed by atoms with Gasteiger partial charge in [0.2, 0.25) is 0 Å². The fourth-order valence-corrected chi connectivity index (χ4v) is 1.00. The van der Waals surface area contributed by atoms with Crippen LogP contribution < -0.4 is 5.73 Å². The maximum Gasteiger partial charge on any atom is 0.108 e. The van der Waals surface area contributed by atoms with Gasteiger partial charge >= 0.3 is 0 Å². The SMILES string of the molecule is Cc1nc(C(O)CN)ccc1C#N. The third kappa shape index (κ3) is 2.02. The molecule has 0 saturated heterocycles. The van der Waals surface area contributed by atoms with E-state index in [1.165, 1.54) is 0 Å². The van der Waals surface area contributed by atoms with Crippen molar-refractivity contribution in [3.8, 4) is 6.07 Å². The van der Waals surface area contributed by atoms with Crippen LogP contribution in [0.1, 0.15) is 23.1 Å². The Kier molecular flexibility index (Phi) is 2.96. The molecular weight excluding hydrogens is 166 g/mol. The van der Waals surface area contributed by atoms with Gasteiger partial charge in [-0.3, -0.25) is 4.98 Å². The Morgan fingerprint density at radius 1 is 1.69 bits per heavy atom. The number of aromatic nitrogens is 1. The molecule has 1 unspecified atom stereocenters. The van der Waals surface area contributed by atoms with Gasteiger partial charge in [0.1, 0.15) is 12.2 Å². The van der Waals surface area contributed by atoms with E-state index in [0.29, 0.717) is 17.0 Å². The largest absolute Gasteiger partial charge is 0.385 e. The zero-order valence-electron chi connectivity index (χ0n) is 7.36. The third-order valence-corrected chi connectivity index (χ3v) is 1.79. The topological polar surface area (TPSA) is 82.9 Å². The first-order chi connectivity index (χ1) is 6.19. The number of pyridine rings is 1. The molecule has 3 N–H and O–H groups in total. The highest BCUT2D eigenvalue weighted by molar-refractivity contribution is 5.33. The molecule has 0 fully saturated rings. The number of aliphatic hydroxyl groups is 1. The normalized spacial score (nSPS) is 12.2. The average molecular weight is 177 g/mol. The van der Waals surface area contributed by atoms with E-state index in [4.69, 9.17) is 11.0 Å². The van der Waals surface area contributed by atoms with Crippen molar-refractivity contribution in [3.63, 3.8) is 0 Å². The first-order valence-electron chi connectivity index (χ1n) is 3.94. The average Bonchev–Trinajstić information content (AvgIpc) is 2.16. The van der Waals surface area contributed by atoms with Gasteiger partial charge in [-0.15, -0.1) is 0 Å². The van der Waals surface area contributed by atoms with Crippen molar-refractivity contribution in [3.05, 3.63) is 29.1 Å². The molecule has 68 valence electrons. The van der Waals surface area contributed by atoms with Gasteiger partial charge in [-0.05, 0) is 19.1 Å². The predicted molar refractivity (Wildman–Crippen MR) is 47.7 cm³/mol. The van der Waals surface area contributed by atoms with Gasteiger partial charge in [0.25, 0.3) is 0 Å². The van der Waals surface area contributed by atoms with E-state index in [-0.39, 0.29) is 6.54 Å². The summed E-state index contributed by atoms with van der Waals surface area (Å²) in [6, 6.07) is 5.25. The molecule has 0 bridgehead atoms. The molecule has 0 radical (unpaired) electrons. The van der Waals surface area contributed by atoms with Crippen molar-refractivity contribution < 1.29 is 5.11 Å². The molecule has 0 saturated carbocycles. The fourth-order valence-electron chi connectivity index (χ4n) is 1.00. The van der Waals surface area contributed by atoms with Crippen LogP contribution in [0, 0.1) is 18.3 Å². The predicted octanol–water partition coefficient (Wildman–Crippen LogP) is 0.254. The van der Waals surface area contributed by atoms with Gasteiger partial charge in [-0.1, -0.05) is 0 Å². The van der Waals surface area contributed by atoms with Crippen molar-refractivity contribution in [1.82, 2.24) is 4.98 Å². The van der Waals surface area contributed by atoms with Crippen molar-refractivity contribution >= 4 is 0 Å². The molecule has 1 aromatic rings. The van der Waals surface area contributed by atoms with Crippen LogP contribution >= 0.6 is 0 Å². The van der Waals surface area contributed by atoms with E-state index >= 15 is 0 Å². The highest BCUT2D eigenvalue weighted by Gasteiger charge is 2.08. The van der Waals surface area contributed by atoms with Gasteiger partial charge in [0.15, 0.2) is 0 Å². The van der Waals surface area contributed by atoms with Crippen molar-refractivity contribution in [2.24, 2.45) is 5.73 Å². The van der Waals surface area contributed by atoms with Crippen LogP contribution in [0.15, 0.2) is 12.1 Å². The standard InChI is InChI=1S/C9H11N3O/c1-6-7(4-10)2-3-8(12-6)9(13)5-11/h2-3,9,13H,5,11H2,1H3. The van der Waals surface area contributed by atoms with E-state index in [9.17, 15) is 5.11 Å². The summed E-state index contributed by atoms with van der Waals surface area (Å²) in [6.07, 6.45) is -0.744. The number of nitrogens with zero attached hydrogens (tertiary/aromatic N) is 2. The van der Waals surface area contributed by atoms with Gasteiger partial charge < -0.3 is 10.8 Å². The number of rotatable bonds is 2. The van der Waals surface area contributed by atoms with Crippen LogP contribution in [-0.4, -0.2) is 16.6 Å². The van der Waals surface area contributed by atoms with Gasteiger partial charge in [-0.2, -0.15) is 5.26 Å². The number of aryl methyl sites for hydroxylation is 1. The number of nitriles is 1. The van der Waals surface area contributed by atoms with Crippen LogP contribution in [0.3, 0.4) is 0 Å². The maximum atomic E-state index is 9.35. The van der Waals surface area contributed by atoms with Gasteiger partial charge in [0, 0.05) is 6.54 Å². The van der Waals surface area contributed by atoms with Crippen LogP contribution in [0.25, 0.3) is 0 Å². The van der Waals surface area contributed by atoms with E-state index in [2.05, 4.69) is 4.98 Å². The summed E-state index contributed by atoms with van der Waals surface area (Å²) in [4.78, 5) is 4.06. The first-order valence-corrected chi connectivity index (χ1v) is 3.94. The van der Waals surface area contributed by atoms with Crippen molar-refractivity contribution in [2.45, 2.75) is 13.0 Å². The molecule has 1 heterocycles. The number of aliphatic hydroxyl groups excluding tert-OH is 1. The monoisotopic (exact) mass is 177 g/mol. The second-order valence-electron chi connectivity index (χ2n) is 2.73. The first kappa shape index (κ1) is 9.65. The number of hydrogen-bond acceptors (Lipinski definition) is 4. The van der Waals surface area contributed by atoms with Crippen LogP contribution in [0.2, 0.25) is 0 Å². The molecule has 0 spiro atoms. The molecule has 1 atom stereocenters. The Hall–Kier alpha value is -1.44. The highest BCUT2D eigenvalue weighted by Crippen LogP contribution is 2.11. The highest BCUT2D eigenvalue weighted by atomic mass is 16.3. The smallest absolute Gasteiger partial charge is 0.108 e. The Morgan fingerprint density at radius 2 is 2.38 bits per heavy atom. The lowest BCUT2D eigenvalue weighted by Gasteiger charge is -2.07. The number of hydrogen-bond donors (Lipinski definition) is 2. The lowest BCUT2D eigenvalue weighted by Crippen LogP contribution is -2.13. The molecule has 0 aliphatic carbocycles. The molecule has 13 heavy (non-hydrogen) atoms. The lowest BCUT2D eigenvalue weighted by molar-refractivity contribution is 0.181. The van der Waals surface area contributed by atoms with E-state index in [0.717, 1.165) is 0 Å². The molecule has 0 aromatic carbocycles. The zero-order chi connectivity index (χ0) is 9.84. The zero-order valence-corrected chi connectivity index (χ0v) is 7.36. The van der Waals surface area contributed by atoms with Gasteiger partial charge in [-0.25, -0.2) is 0 Å². The van der Waals surface area contributed by atoms with Crippen molar-refractivity contribution in [1.29, 1.82) is 5.26 Å². The Morgan fingerprint density at radius 3 is 2.85 bits per heavy atom. The van der Waals surface area contributed by atoms with Gasteiger partial charge in [0.05, 0.1) is 17.0 Å². The minimum Gasteiger partial charge on any atom is -0.385 e. The van der Waals surface area contributed by atoms with Crippen molar-refractivity contribution in [2.75, 3.05) is 6.54 Å². The molecule has 1 rings (SSSR count). The third-order valence-electron chi connectivity index (χ3n) is 1.79. The summed E-state index contributed by atoms with van der Waals surface area (Å²) in [5.74, 6) is 0. The van der Waals surface area contributed by atoms with E-state index < -0.39 is 6.10 Å². The molecule has 0 aliphatic rings. The summed E-state index contributed by atoms with van der Waals surface area (Å²) < 4.78 is 0. The van der Waals surface area contributed by atoms with E-state index in [1.807, 2.05) is 6.07 Å². The summed E-state index contributed by atoms with van der Waals surface area (Å²) >= 11 is 0. The summed E-state index contributed by atoms with van der Waals surface area (Å²) in [7, 11) is 0. The second kappa shape index (κ2) is 3.99. The molecule has 4 nitrogen and oxygen atoms in total. The molecule has 0 amide bonds. The number of nitrogens with two attached hydrogens (primary N) is 1. The minimum absolute atomic E-state index is 0.137. The van der Waals surface area contributed by atoms with Crippen LogP contribution in [0.5, 0.6) is 0 Å². The van der Waals surface area contributed by atoms with E-state index in [1.54, 1.807) is 19.1 Å². The summed E-state index contributed by atoms with van der Waals surface area (Å²) in [5, 5.41) is 18.0. The molecule has 4 heteroatoms. The second-order valence-corrected chi connectivity index (χ2v) is 2.73.